The van der Waals surface area contributed by atoms with E-state index in [0.29, 0.717) is 12.5 Å². The van der Waals surface area contributed by atoms with Crippen LogP contribution >= 0.6 is 7.82 Å². The number of rotatable bonds is 34. The number of esters is 1. The average molecular weight is 697 g/mol. The summed E-state index contributed by atoms with van der Waals surface area (Å²) in [7, 11) is -4.69. The Morgan fingerprint density at radius 1 is 0.667 bits per heavy atom. The number of allylic oxidation sites excluding steroid dienone is 5. The van der Waals surface area contributed by atoms with Crippen LogP contribution in [0.5, 0.6) is 0 Å². The first-order valence-electron chi connectivity index (χ1n) is 19.1. The first kappa shape index (κ1) is 44.3. The van der Waals surface area contributed by atoms with Gasteiger partial charge in [-0.05, 0) is 63.9 Å². The number of carbonyl (C=O) groups is 1. The minimum Gasteiger partial charge on any atom is -0.498 e. The smallest absolute Gasteiger partial charge is 0.469 e. The Labute approximate surface area is 293 Å². The van der Waals surface area contributed by atoms with Gasteiger partial charge in [-0.15, -0.1) is 0 Å². The predicted octanol–water partition coefficient (Wildman–Crippen LogP) is 11.0. The van der Waals surface area contributed by atoms with Crippen molar-refractivity contribution in [3.63, 3.8) is 0 Å². The predicted molar refractivity (Wildman–Crippen MR) is 197 cm³/mol. The molecule has 1 rings (SSSR count). The molecule has 278 valence electrons. The van der Waals surface area contributed by atoms with E-state index < -0.39 is 26.5 Å². The zero-order chi connectivity index (χ0) is 35.0. The van der Waals surface area contributed by atoms with E-state index in [9.17, 15) is 9.36 Å². The summed E-state index contributed by atoms with van der Waals surface area (Å²) in [5.74, 6) is -0.444. The molecule has 2 unspecified atom stereocenters. The van der Waals surface area contributed by atoms with Crippen LogP contribution in [-0.4, -0.2) is 47.3 Å². The van der Waals surface area contributed by atoms with Crippen LogP contribution in [0.1, 0.15) is 162 Å². The molecule has 0 aromatic carbocycles. The number of epoxide rings is 1. The standard InChI is InChI=1S/C39H69O8P/c1-3-5-7-9-11-13-14-15-16-17-19-21-25-29-33-44-34-36(35-45-48(41,42)43)46-39(40)32-28-24-23-27-31-38-37(47-38)30-26-22-20-18-12-10-8-6-4-2/h12,18,22-23,26-27,29,33,36-38H,3-11,13-17,19-21,24-25,28,30-32,34-35H2,1-2H3,(H2,41,42,43)/b18-12-,26-22-,27-23-,33-29+/t36-,37?,38?/m1/s1. The van der Waals surface area contributed by atoms with E-state index in [4.69, 9.17) is 24.0 Å². The van der Waals surface area contributed by atoms with Crippen LogP contribution in [0.3, 0.4) is 0 Å². The van der Waals surface area contributed by atoms with E-state index in [-0.39, 0.29) is 19.1 Å². The van der Waals surface area contributed by atoms with Gasteiger partial charge in [0.1, 0.15) is 6.61 Å². The quantitative estimate of drug-likeness (QED) is 0.0171. The van der Waals surface area contributed by atoms with Crippen LogP contribution in [-0.2, 0) is 28.1 Å². The minimum absolute atomic E-state index is 0.0337. The lowest BCUT2D eigenvalue weighted by Crippen LogP contribution is -2.27. The first-order chi connectivity index (χ1) is 23.4. The van der Waals surface area contributed by atoms with Gasteiger partial charge in [0, 0.05) is 6.42 Å². The highest BCUT2D eigenvalue weighted by atomic mass is 31.2. The Bertz CT molecular complexity index is 925. The van der Waals surface area contributed by atoms with Crippen LogP contribution in [0.2, 0.25) is 0 Å². The highest BCUT2D eigenvalue weighted by Gasteiger charge is 2.36. The van der Waals surface area contributed by atoms with Gasteiger partial charge < -0.3 is 24.0 Å². The van der Waals surface area contributed by atoms with E-state index in [0.717, 1.165) is 38.5 Å². The number of phosphoric ester groups is 1. The Kier molecular flexibility index (Phi) is 28.9. The van der Waals surface area contributed by atoms with Crippen molar-refractivity contribution in [2.24, 2.45) is 0 Å². The lowest BCUT2D eigenvalue weighted by Gasteiger charge is -2.17. The third-order valence-corrected chi connectivity index (χ3v) is 8.83. The van der Waals surface area contributed by atoms with Crippen molar-refractivity contribution < 1.29 is 37.9 Å². The molecule has 2 N–H and O–H groups in total. The average Bonchev–Trinajstić information content (AvgIpc) is 3.81. The fourth-order valence-electron chi connectivity index (χ4n) is 5.38. The molecule has 1 heterocycles. The van der Waals surface area contributed by atoms with Crippen molar-refractivity contribution in [2.75, 3.05) is 13.2 Å². The molecule has 0 bridgehead atoms. The number of ether oxygens (including phenoxy) is 3. The second-order valence-electron chi connectivity index (χ2n) is 13.0. The number of unbranched alkanes of at least 4 members (excludes halogenated alkanes) is 16. The summed E-state index contributed by atoms with van der Waals surface area (Å²) < 4.78 is 32.4. The first-order valence-corrected chi connectivity index (χ1v) is 20.6. The summed E-state index contributed by atoms with van der Waals surface area (Å²) in [6.45, 7) is 4.01. The maximum absolute atomic E-state index is 12.4. The molecular weight excluding hydrogens is 627 g/mol. The lowest BCUT2D eigenvalue weighted by atomic mass is 10.0. The van der Waals surface area contributed by atoms with E-state index in [2.05, 4.69) is 54.8 Å². The van der Waals surface area contributed by atoms with Crippen LogP contribution in [0.4, 0.5) is 0 Å². The molecule has 9 heteroatoms. The van der Waals surface area contributed by atoms with Crippen molar-refractivity contribution >= 4 is 13.8 Å². The van der Waals surface area contributed by atoms with E-state index in [1.807, 2.05) is 6.08 Å². The number of hydrogen-bond acceptors (Lipinski definition) is 6. The molecule has 0 aromatic rings. The largest absolute Gasteiger partial charge is 0.498 e. The molecule has 1 fully saturated rings. The number of carbonyl (C=O) groups excluding carboxylic acids is 1. The van der Waals surface area contributed by atoms with E-state index >= 15 is 0 Å². The third kappa shape index (κ3) is 30.4. The van der Waals surface area contributed by atoms with Gasteiger partial charge in [-0.3, -0.25) is 9.32 Å². The van der Waals surface area contributed by atoms with Gasteiger partial charge in [-0.2, -0.15) is 0 Å². The highest BCUT2D eigenvalue weighted by molar-refractivity contribution is 7.46. The molecule has 1 aliphatic rings. The molecule has 0 aromatic heterocycles. The van der Waals surface area contributed by atoms with Crippen molar-refractivity contribution in [2.45, 2.75) is 180 Å². The molecule has 1 aliphatic heterocycles. The molecule has 0 spiro atoms. The Morgan fingerprint density at radius 2 is 1.17 bits per heavy atom. The summed E-state index contributed by atoms with van der Waals surface area (Å²) in [6.07, 6.45) is 42.2. The number of phosphoric acid groups is 1. The summed E-state index contributed by atoms with van der Waals surface area (Å²) >= 11 is 0. The maximum Gasteiger partial charge on any atom is 0.469 e. The second-order valence-corrected chi connectivity index (χ2v) is 14.2. The van der Waals surface area contributed by atoms with Crippen LogP contribution in [0.25, 0.3) is 0 Å². The minimum atomic E-state index is -4.69. The zero-order valence-electron chi connectivity index (χ0n) is 30.3. The van der Waals surface area contributed by atoms with Gasteiger partial charge >= 0.3 is 13.8 Å². The van der Waals surface area contributed by atoms with E-state index in [1.165, 1.54) is 96.3 Å². The molecule has 1 saturated heterocycles. The molecule has 0 aliphatic carbocycles. The number of hydrogen-bond donors (Lipinski definition) is 2. The molecule has 0 radical (unpaired) electrons. The Balaban J connectivity index is 2.12. The van der Waals surface area contributed by atoms with Gasteiger partial charge in [0.25, 0.3) is 0 Å². The summed E-state index contributed by atoms with van der Waals surface area (Å²) in [4.78, 5) is 30.5. The van der Waals surface area contributed by atoms with Crippen LogP contribution < -0.4 is 0 Å². The molecule has 48 heavy (non-hydrogen) atoms. The van der Waals surface area contributed by atoms with Crippen molar-refractivity contribution in [1.82, 2.24) is 0 Å². The highest BCUT2D eigenvalue weighted by Crippen LogP contribution is 2.36. The molecule has 3 atom stereocenters. The lowest BCUT2D eigenvalue weighted by molar-refractivity contribution is -0.153. The van der Waals surface area contributed by atoms with Crippen molar-refractivity contribution in [3.05, 3.63) is 48.8 Å². The summed E-state index contributed by atoms with van der Waals surface area (Å²) in [5, 5.41) is 0. The fourth-order valence-corrected chi connectivity index (χ4v) is 5.74. The molecule has 0 saturated carbocycles. The second kappa shape index (κ2) is 31.3. The van der Waals surface area contributed by atoms with Crippen molar-refractivity contribution in [3.8, 4) is 0 Å². The maximum atomic E-state index is 12.4. The Morgan fingerprint density at radius 3 is 1.81 bits per heavy atom. The molecule has 8 nitrogen and oxygen atoms in total. The normalized spacial score (nSPS) is 17.3. The zero-order valence-corrected chi connectivity index (χ0v) is 31.2. The fraction of sp³-hybridized carbons (Fsp3) is 0.769. The monoisotopic (exact) mass is 696 g/mol. The SMILES string of the molecule is CCCCC/C=C\C/C=C\CC1OC1C/C=C\CCCC(=O)O[C@H](CO/C=C/CCCCCCCCCCCCCC)COP(=O)(O)O. The van der Waals surface area contributed by atoms with Gasteiger partial charge in [0.05, 0.1) is 25.1 Å². The molecule has 0 amide bonds. The van der Waals surface area contributed by atoms with Gasteiger partial charge in [0.2, 0.25) is 0 Å². The molecular formula is C39H69O8P. The van der Waals surface area contributed by atoms with Crippen LogP contribution in [0, 0.1) is 0 Å². The van der Waals surface area contributed by atoms with Crippen molar-refractivity contribution in [1.29, 1.82) is 0 Å². The van der Waals surface area contributed by atoms with Crippen LogP contribution in [0.15, 0.2) is 48.8 Å². The van der Waals surface area contributed by atoms with Gasteiger partial charge in [0.15, 0.2) is 6.10 Å². The van der Waals surface area contributed by atoms with Gasteiger partial charge in [-0.25, -0.2) is 4.57 Å². The summed E-state index contributed by atoms with van der Waals surface area (Å²) in [6, 6.07) is 0. The Hall–Kier alpha value is -1.70. The van der Waals surface area contributed by atoms with Gasteiger partial charge in [-0.1, -0.05) is 134 Å². The van der Waals surface area contributed by atoms with E-state index in [1.54, 1.807) is 6.26 Å². The topological polar surface area (TPSA) is 115 Å². The summed E-state index contributed by atoms with van der Waals surface area (Å²) in [5.41, 5.74) is 0. The third-order valence-electron chi connectivity index (χ3n) is 8.35.